The van der Waals surface area contributed by atoms with Crippen LogP contribution in [0, 0.1) is 18.2 Å². The van der Waals surface area contributed by atoms with Crippen LogP contribution in [-0.2, 0) is 4.79 Å². The van der Waals surface area contributed by atoms with Crippen LogP contribution >= 0.6 is 11.3 Å². The first kappa shape index (κ1) is 20.5. The smallest absolute Gasteiger partial charge is 0.276 e. The molecule has 4 rings (SSSR count). The molecule has 7 nitrogen and oxygen atoms in total. The van der Waals surface area contributed by atoms with Crippen molar-refractivity contribution in [2.75, 3.05) is 13.2 Å². The number of hydrogen-bond acceptors (Lipinski definition) is 6. The molecule has 3 aromatic rings. The summed E-state index contributed by atoms with van der Waals surface area (Å²) in [7, 11) is 0. The molecule has 0 saturated carbocycles. The zero-order valence-corrected chi connectivity index (χ0v) is 17.4. The summed E-state index contributed by atoms with van der Waals surface area (Å²) in [6.45, 7) is 1.61. The number of rotatable bonds is 6. The Balaban J connectivity index is 1.41. The van der Waals surface area contributed by atoms with Gasteiger partial charge in [0.15, 0.2) is 12.4 Å². The summed E-state index contributed by atoms with van der Waals surface area (Å²) in [6.07, 6.45) is 0. The summed E-state index contributed by atoms with van der Waals surface area (Å²) < 4.78 is 18.7. The van der Waals surface area contributed by atoms with E-state index in [1.165, 1.54) is 28.5 Å². The van der Waals surface area contributed by atoms with Gasteiger partial charge in [-0.15, -0.1) is 11.3 Å². The molecule has 0 atom stereocenters. The number of hydrogen-bond donors (Lipinski definition) is 3. The van der Waals surface area contributed by atoms with Crippen LogP contribution in [0.4, 0.5) is 4.39 Å². The largest absolute Gasteiger partial charge is 0.509 e. The highest BCUT2D eigenvalue weighted by molar-refractivity contribution is 7.11. The molecule has 2 heterocycles. The predicted molar refractivity (Wildman–Crippen MR) is 116 cm³/mol. The van der Waals surface area contributed by atoms with Crippen molar-refractivity contribution in [2.45, 2.75) is 6.92 Å². The summed E-state index contributed by atoms with van der Waals surface area (Å²) in [5.74, 6) is -0.318. The highest BCUT2D eigenvalue weighted by atomic mass is 32.1. The minimum Gasteiger partial charge on any atom is -0.509 e. The van der Waals surface area contributed by atoms with Crippen LogP contribution in [0.2, 0.25) is 0 Å². The lowest BCUT2D eigenvalue weighted by Gasteiger charge is -2.19. The molecule has 0 bridgehead atoms. The summed E-state index contributed by atoms with van der Waals surface area (Å²) in [4.78, 5) is 16.7. The van der Waals surface area contributed by atoms with Gasteiger partial charge in [-0.2, -0.15) is 0 Å². The first-order valence-corrected chi connectivity index (χ1v) is 10.3. The van der Waals surface area contributed by atoms with Gasteiger partial charge >= 0.3 is 0 Å². The zero-order valence-electron chi connectivity index (χ0n) is 16.6. The van der Waals surface area contributed by atoms with Crippen LogP contribution < -0.4 is 10.2 Å². The molecule has 2 aromatic carbocycles. The van der Waals surface area contributed by atoms with Crippen LogP contribution in [0.1, 0.15) is 10.6 Å². The summed E-state index contributed by atoms with van der Waals surface area (Å²) >= 11 is 1.26. The fourth-order valence-electron chi connectivity index (χ4n) is 3.09. The second-order valence-electron chi connectivity index (χ2n) is 6.89. The van der Waals surface area contributed by atoms with Crippen LogP contribution in [0.3, 0.4) is 0 Å². The van der Waals surface area contributed by atoms with Crippen LogP contribution in [0.5, 0.6) is 5.75 Å². The minimum absolute atomic E-state index is 0.0459. The molecule has 0 fully saturated rings. The lowest BCUT2D eigenvalue weighted by atomic mass is 10.2. The number of hydrazine groups is 1. The Morgan fingerprint density at radius 2 is 2.03 bits per heavy atom. The standard InChI is InChI=1S/C22H19FN4O3S/c1-13-4-2-3-5-18(13)30-11-19(29)26-27-10-17(28)20(21(27)24)22-25-16(12-31-22)14-6-8-15(23)9-7-14/h2-9,12,24,28H,10-11H2,1H3,(H,26,29). The molecule has 0 saturated heterocycles. The highest BCUT2D eigenvalue weighted by Gasteiger charge is 2.31. The van der Waals surface area contributed by atoms with Crippen LogP contribution in [0.15, 0.2) is 59.7 Å². The van der Waals surface area contributed by atoms with Crippen molar-refractivity contribution in [3.8, 4) is 17.0 Å². The Bertz CT molecular complexity index is 1170. The third-order valence-corrected chi connectivity index (χ3v) is 5.53. The van der Waals surface area contributed by atoms with Crippen LogP contribution in [0.25, 0.3) is 16.8 Å². The van der Waals surface area contributed by atoms with Crippen molar-refractivity contribution >= 4 is 28.7 Å². The number of thiazole rings is 1. The number of aliphatic hydroxyl groups excluding tert-OH is 1. The van der Waals surface area contributed by atoms with Crippen molar-refractivity contribution in [3.05, 3.63) is 76.1 Å². The molecule has 0 aliphatic carbocycles. The Labute approximate surface area is 181 Å². The number of para-hydroxylation sites is 1. The van der Waals surface area contributed by atoms with Gasteiger partial charge in [0.05, 0.1) is 17.8 Å². The van der Waals surface area contributed by atoms with Crippen molar-refractivity contribution in [3.63, 3.8) is 0 Å². The molecule has 158 valence electrons. The predicted octanol–water partition coefficient (Wildman–Crippen LogP) is 3.93. The van der Waals surface area contributed by atoms with Crippen molar-refractivity contribution in [1.29, 1.82) is 5.41 Å². The van der Waals surface area contributed by atoms with Gasteiger partial charge in [0.1, 0.15) is 22.3 Å². The number of carbonyl (C=O) groups is 1. The topological polar surface area (TPSA) is 98.5 Å². The molecule has 31 heavy (non-hydrogen) atoms. The third-order valence-electron chi connectivity index (χ3n) is 4.67. The second kappa shape index (κ2) is 8.57. The third kappa shape index (κ3) is 4.41. The van der Waals surface area contributed by atoms with E-state index in [4.69, 9.17) is 10.1 Å². The van der Waals surface area contributed by atoms with Crippen molar-refractivity contribution in [2.24, 2.45) is 0 Å². The van der Waals surface area contributed by atoms with E-state index in [0.29, 0.717) is 16.5 Å². The van der Waals surface area contributed by atoms with Crippen LogP contribution in [-0.4, -0.2) is 40.0 Å². The van der Waals surface area contributed by atoms with Gasteiger partial charge in [-0.25, -0.2) is 9.37 Å². The Morgan fingerprint density at radius 1 is 1.29 bits per heavy atom. The van der Waals surface area contributed by atoms with E-state index in [2.05, 4.69) is 10.4 Å². The SMILES string of the molecule is Cc1ccccc1OCC(=O)NN1CC(O)=C(c2nc(-c3ccc(F)cc3)cs2)C1=N. The quantitative estimate of drug-likeness (QED) is 0.542. The molecule has 0 spiro atoms. The van der Waals surface area contributed by atoms with E-state index in [-0.39, 0.29) is 36.1 Å². The molecule has 0 unspecified atom stereocenters. The average molecular weight is 438 g/mol. The van der Waals surface area contributed by atoms with E-state index in [0.717, 1.165) is 11.1 Å². The fraction of sp³-hybridized carbons (Fsp3) is 0.136. The number of aliphatic hydroxyl groups is 1. The van der Waals surface area contributed by atoms with E-state index >= 15 is 0 Å². The number of nitrogens with zero attached hydrogens (tertiary/aromatic N) is 2. The Hall–Kier alpha value is -3.72. The maximum absolute atomic E-state index is 13.1. The Kier molecular flexibility index (Phi) is 5.68. The van der Waals surface area contributed by atoms with Gasteiger partial charge < -0.3 is 9.84 Å². The molecule has 3 N–H and O–H groups in total. The van der Waals surface area contributed by atoms with Gasteiger partial charge in [0.2, 0.25) is 0 Å². The number of benzene rings is 2. The number of amidine groups is 1. The molecule has 1 aliphatic heterocycles. The van der Waals surface area contributed by atoms with Crippen molar-refractivity contribution < 1.29 is 19.0 Å². The molecule has 1 aromatic heterocycles. The maximum atomic E-state index is 13.1. The first-order chi connectivity index (χ1) is 14.9. The van der Waals surface area contributed by atoms with E-state index in [9.17, 15) is 14.3 Å². The molecule has 1 amide bonds. The van der Waals surface area contributed by atoms with E-state index in [1.54, 1.807) is 23.6 Å². The molecule has 0 radical (unpaired) electrons. The van der Waals surface area contributed by atoms with E-state index in [1.807, 2.05) is 25.1 Å². The normalized spacial score (nSPS) is 13.6. The van der Waals surface area contributed by atoms with Crippen molar-refractivity contribution in [1.82, 2.24) is 15.4 Å². The first-order valence-electron chi connectivity index (χ1n) is 9.40. The fourth-order valence-corrected chi connectivity index (χ4v) is 3.98. The molecule has 1 aliphatic rings. The minimum atomic E-state index is -0.451. The number of halogens is 1. The number of nitrogens with one attached hydrogen (secondary N) is 2. The van der Waals surface area contributed by atoms with Gasteiger partial charge in [-0.05, 0) is 42.8 Å². The number of amides is 1. The highest BCUT2D eigenvalue weighted by Crippen LogP contribution is 2.31. The van der Waals surface area contributed by atoms with Gasteiger partial charge in [-0.3, -0.25) is 20.6 Å². The Morgan fingerprint density at radius 3 is 2.77 bits per heavy atom. The summed E-state index contributed by atoms with van der Waals surface area (Å²) in [6, 6.07) is 13.3. The number of carbonyl (C=O) groups excluding carboxylic acids is 1. The molecule has 9 heteroatoms. The molecular formula is C22H19FN4O3S. The lowest BCUT2D eigenvalue weighted by Crippen LogP contribution is -2.45. The summed E-state index contributed by atoms with van der Waals surface area (Å²) in [5, 5.41) is 22.2. The van der Waals surface area contributed by atoms with Gasteiger partial charge in [0.25, 0.3) is 5.91 Å². The van der Waals surface area contributed by atoms with Gasteiger partial charge in [-0.1, -0.05) is 18.2 Å². The maximum Gasteiger partial charge on any atom is 0.276 e. The molecular weight excluding hydrogens is 419 g/mol. The monoisotopic (exact) mass is 438 g/mol. The summed E-state index contributed by atoms with van der Waals surface area (Å²) in [5.41, 5.74) is 5.07. The lowest BCUT2D eigenvalue weighted by molar-refractivity contribution is -0.126. The zero-order chi connectivity index (χ0) is 22.0. The average Bonchev–Trinajstić information content (AvgIpc) is 3.32. The second-order valence-corrected chi connectivity index (χ2v) is 7.75. The number of aryl methyl sites for hydroxylation is 1. The van der Waals surface area contributed by atoms with Gasteiger partial charge in [0, 0.05) is 10.9 Å². The van der Waals surface area contributed by atoms with E-state index < -0.39 is 5.91 Å². The number of ether oxygens (including phenoxy) is 1. The number of aromatic nitrogens is 1.